The summed E-state index contributed by atoms with van der Waals surface area (Å²) in [7, 11) is 1.96. The third-order valence-electron chi connectivity index (χ3n) is 6.70. The van der Waals surface area contributed by atoms with Gasteiger partial charge in [0.25, 0.3) is 0 Å². The Labute approximate surface area is 186 Å². The second-order valence-electron chi connectivity index (χ2n) is 9.07. The maximum Gasteiger partial charge on any atom is 0.224 e. The molecule has 0 amide bonds. The number of hydrogen-bond acceptors (Lipinski definition) is 8. The van der Waals surface area contributed by atoms with Gasteiger partial charge in [-0.1, -0.05) is 12.1 Å². The van der Waals surface area contributed by atoms with E-state index < -0.39 is 18.2 Å². The zero-order chi connectivity index (χ0) is 22.4. The number of aryl methyl sites for hydroxylation is 2. The number of nitrogens with one attached hydrogen (secondary N) is 2. The highest BCUT2D eigenvalue weighted by Crippen LogP contribution is 2.35. The molecular formula is C23H30N6O3. The van der Waals surface area contributed by atoms with Gasteiger partial charge in [-0.2, -0.15) is 4.98 Å². The maximum absolute atomic E-state index is 10.6. The van der Waals surface area contributed by atoms with E-state index in [0.717, 1.165) is 34.7 Å². The number of nitrogens with zero attached hydrogens (tertiary/aromatic N) is 4. The molecule has 0 saturated heterocycles. The van der Waals surface area contributed by atoms with E-state index in [0.29, 0.717) is 24.1 Å². The van der Waals surface area contributed by atoms with Crippen LogP contribution in [0, 0.1) is 18.8 Å². The monoisotopic (exact) mass is 438 g/mol. The second-order valence-corrected chi connectivity index (χ2v) is 9.07. The fraction of sp³-hybridized carbons (Fsp3) is 0.522. The number of hydrogen-bond donors (Lipinski definition) is 5. The number of imidazole rings is 1. The molecule has 3 aromatic rings. The van der Waals surface area contributed by atoms with Gasteiger partial charge < -0.3 is 30.5 Å². The minimum absolute atomic E-state index is 0.176. The molecule has 5 rings (SSSR count). The first-order chi connectivity index (χ1) is 15.5. The van der Waals surface area contributed by atoms with Crippen LogP contribution in [0.3, 0.4) is 0 Å². The zero-order valence-corrected chi connectivity index (χ0v) is 18.4. The summed E-state index contributed by atoms with van der Waals surface area (Å²) in [6.45, 7) is 2.59. The molecule has 0 radical (unpaired) electrons. The van der Waals surface area contributed by atoms with Crippen LogP contribution >= 0.6 is 0 Å². The highest BCUT2D eigenvalue weighted by molar-refractivity contribution is 5.84. The summed E-state index contributed by atoms with van der Waals surface area (Å²) in [5.74, 6) is 2.12. The molecule has 2 heterocycles. The van der Waals surface area contributed by atoms with Crippen molar-refractivity contribution in [3.63, 3.8) is 0 Å². The van der Waals surface area contributed by atoms with Crippen LogP contribution in [0.25, 0.3) is 22.4 Å². The zero-order valence-electron chi connectivity index (χ0n) is 18.4. The molecule has 32 heavy (non-hydrogen) atoms. The molecule has 2 aliphatic carbocycles. The molecule has 2 aliphatic rings. The minimum atomic E-state index is -1.00. The van der Waals surface area contributed by atoms with Crippen molar-refractivity contribution < 1.29 is 15.3 Å². The fourth-order valence-corrected chi connectivity index (χ4v) is 4.58. The van der Waals surface area contributed by atoms with Gasteiger partial charge in [0.15, 0.2) is 0 Å². The van der Waals surface area contributed by atoms with Gasteiger partial charge in [0.1, 0.15) is 17.7 Å². The number of para-hydroxylation sites is 2. The number of aromatic nitrogens is 4. The third kappa shape index (κ3) is 3.80. The molecular weight excluding hydrogens is 408 g/mol. The lowest BCUT2D eigenvalue weighted by Crippen LogP contribution is -2.36. The molecule has 5 N–H and O–H groups in total. The summed E-state index contributed by atoms with van der Waals surface area (Å²) in [5.41, 5.74) is 3.41. The van der Waals surface area contributed by atoms with Crippen molar-refractivity contribution in [1.82, 2.24) is 19.5 Å². The van der Waals surface area contributed by atoms with E-state index >= 15 is 0 Å². The first kappa shape index (κ1) is 21.1. The van der Waals surface area contributed by atoms with Crippen LogP contribution in [0.2, 0.25) is 0 Å². The molecule has 2 saturated carbocycles. The van der Waals surface area contributed by atoms with Crippen LogP contribution in [0.4, 0.5) is 11.8 Å². The molecule has 4 unspecified atom stereocenters. The first-order valence-electron chi connectivity index (χ1n) is 11.2. The van der Waals surface area contributed by atoms with Crippen molar-refractivity contribution in [2.24, 2.45) is 18.9 Å². The Morgan fingerprint density at radius 1 is 1.09 bits per heavy atom. The Kier molecular flexibility index (Phi) is 5.48. The van der Waals surface area contributed by atoms with Crippen LogP contribution in [-0.2, 0) is 7.05 Å². The summed E-state index contributed by atoms with van der Waals surface area (Å²) < 4.78 is 2.01. The Bertz CT molecular complexity index is 1130. The van der Waals surface area contributed by atoms with E-state index in [-0.39, 0.29) is 12.5 Å². The Hall–Kier alpha value is -2.75. The largest absolute Gasteiger partial charge is 0.396 e. The summed E-state index contributed by atoms with van der Waals surface area (Å²) in [4.78, 5) is 14.3. The average molecular weight is 439 g/mol. The average Bonchev–Trinajstić information content (AvgIpc) is 3.51. The van der Waals surface area contributed by atoms with E-state index in [1.54, 1.807) is 0 Å². The highest BCUT2D eigenvalue weighted by Gasteiger charge is 2.41. The maximum atomic E-state index is 10.6. The molecule has 9 heteroatoms. The van der Waals surface area contributed by atoms with Gasteiger partial charge >= 0.3 is 0 Å². The normalized spacial score (nSPS) is 25.4. The molecule has 9 nitrogen and oxygen atoms in total. The fourth-order valence-electron chi connectivity index (χ4n) is 4.58. The molecule has 0 spiro atoms. The van der Waals surface area contributed by atoms with Crippen LogP contribution in [-0.4, -0.2) is 66.2 Å². The van der Waals surface area contributed by atoms with E-state index in [9.17, 15) is 15.3 Å². The van der Waals surface area contributed by atoms with Crippen LogP contribution in [0.5, 0.6) is 0 Å². The quantitative estimate of drug-likeness (QED) is 0.377. The van der Waals surface area contributed by atoms with Crippen LogP contribution in [0.1, 0.15) is 25.0 Å². The topological polar surface area (TPSA) is 128 Å². The van der Waals surface area contributed by atoms with Crippen molar-refractivity contribution in [3.05, 3.63) is 30.0 Å². The molecule has 0 aliphatic heterocycles. The Balaban J connectivity index is 1.56. The number of rotatable bonds is 7. The lowest BCUT2D eigenvalue weighted by molar-refractivity contribution is 0.00446. The summed E-state index contributed by atoms with van der Waals surface area (Å²) in [6, 6.07) is 7.48. The van der Waals surface area contributed by atoms with Crippen LogP contribution < -0.4 is 10.6 Å². The van der Waals surface area contributed by atoms with Gasteiger partial charge in [-0.3, -0.25) is 0 Å². The SMILES string of the molecule is Cc1nc(NCC2CC2)nc(NC2CC(CO)C(O)C2O)c1-c1nc2ccccc2n1C. The van der Waals surface area contributed by atoms with E-state index in [4.69, 9.17) is 15.0 Å². The van der Waals surface area contributed by atoms with Crippen LogP contribution in [0.15, 0.2) is 24.3 Å². The minimum Gasteiger partial charge on any atom is -0.396 e. The van der Waals surface area contributed by atoms with Gasteiger partial charge in [-0.05, 0) is 44.2 Å². The van der Waals surface area contributed by atoms with Crippen molar-refractivity contribution >= 4 is 22.8 Å². The number of benzene rings is 1. The summed E-state index contributed by atoms with van der Waals surface area (Å²) >= 11 is 0. The van der Waals surface area contributed by atoms with Gasteiger partial charge in [-0.25, -0.2) is 9.97 Å². The molecule has 170 valence electrons. The highest BCUT2D eigenvalue weighted by atomic mass is 16.3. The smallest absolute Gasteiger partial charge is 0.224 e. The third-order valence-corrected chi connectivity index (χ3v) is 6.70. The lowest BCUT2D eigenvalue weighted by atomic mass is 10.1. The molecule has 4 atom stereocenters. The van der Waals surface area contributed by atoms with E-state index in [1.807, 2.05) is 42.8 Å². The van der Waals surface area contributed by atoms with E-state index in [2.05, 4.69) is 10.6 Å². The summed E-state index contributed by atoms with van der Waals surface area (Å²) in [6.07, 6.45) is 0.910. The summed E-state index contributed by atoms with van der Waals surface area (Å²) in [5, 5.41) is 37.1. The van der Waals surface area contributed by atoms with Gasteiger partial charge in [0.2, 0.25) is 5.95 Å². The molecule has 2 fully saturated rings. The standard InChI is InChI=1S/C23H30N6O3/c1-12-18(22-27-15-5-3-4-6-17(15)29(22)2)21(28-23(25-12)24-10-13-7-8-13)26-16-9-14(11-30)19(31)20(16)32/h3-6,13-14,16,19-20,30-32H,7-11H2,1-2H3,(H2,24,25,26,28). The predicted octanol–water partition coefficient (Wildman–Crippen LogP) is 1.68. The van der Waals surface area contributed by atoms with Gasteiger partial charge in [-0.15, -0.1) is 0 Å². The predicted molar refractivity (Wildman–Crippen MR) is 122 cm³/mol. The van der Waals surface area contributed by atoms with Gasteiger partial charge in [0, 0.05) is 26.1 Å². The van der Waals surface area contributed by atoms with Crippen molar-refractivity contribution in [2.75, 3.05) is 23.8 Å². The number of anilines is 2. The molecule has 0 bridgehead atoms. The number of aliphatic hydroxyl groups excluding tert-OH is 3. The van der Waals surface area contributed by atoms with Gasteiger partial charge in [0.05, 0.1) is 34.4 Å². The number of fused-ring (bicyclic) bond motifs is 1. The van der Waals surface area contributed by atoms with Crippen molar-refractivity contribution in [3.8, 4) is 11.4 Å². The molecule has 1 aromatic carbocycles. The van der Waals surface area contributed by atoms with Crippen molar-refractivity contribution in [1.29, 1.82) is 0 Å². The first-order valence-corrected chi connectivity index (χ1v) is 11.2. The Morgan fingerprint density at radius 3 is 2.56 bits per heavy atom. The lowest BCUT2D eigenvalue weighted by Gasteiger charge is -2.21. The molecule has 2 aromatic heterocycles. The van der Waals surface area contributed by atoms with Crippen molar-refractivity contribution in [2.45, 2.75) is 44.4 Å². The second kappa shape index (κ2) is 8.31. The van der Waals surface area contributed by atoms with E-state index in [1.165, 1.54) is 12.8 Å². The Morgan fingerprint density at radius 2 is 1.88 bits per heavy atom. The number of aliphatic hydroxyl groups is 3.